The zero-order valence-corrected chi connectivity index (χ0v) is 15.0. The number of aromatic amines is 1. The van der Waals surface area contributed by atoms with E-state index in [-0.39, 0.29) is 5.91 Å². The van der Waals surface area contributed by atoms with E-state index in [4.69, 9.17) is 0 Å². The van der Waals surface area contributed by atoms with Crippen molar-refractivity contribution in [2.75, 3.05) is 19.6 Å². The van der Waals surface area contributed by atoms with Crippen molar-refractivity contribution < 1.29 is 4.79 Å². The van der Waals surface area contributed by atoms with Gasteiger partial charge < -0.3 is 14.8 Å². The van der Waals surface area contributed by atoms with Crippen LogP contribution in [0.1, 0.15) is 23.2 Å². The summed E-state index contributed by atoms with van der Waals surface area (Å²) in [6.07, 6.45) is 1.38. The van der Waals surface area contributed by atoms with Crippen LogP contribution in [0.3, 0.4) is 0 Å². The van der Waals surface area contributed by atoms with Gasteiger partial charge in [0.05, 0.1) is 13.0 Å². The minimum atomic E-state index is 0.215. The molecule has 1 aromatic heterocycles. The third kappa shape index (κ3) is 2.47. The number of carbonyl (C=O) groups is 1. The second kappa shape index (κ2) is 5.66. The number of rotatable bonds is 2. The Bertz CT molecular complexity index is 942. The van der Waals surface area contributed by atoms with Crippen LogP contribution < -0.4 is 0 Å². The van der Waals surface area contributed by atoms with Crippen molar-refractivity contribution in [3.63, 3.8) is 0 Å². The van der Waals surface area contributed by atoms with Crippen LogP contribution in [-0.2, 0) is 17.8 Å². The number of benzene rings is 1. The van der Waals surface area contributed by atoms with Gasteiger partial charge in [0.25, 0.3) is 0 Å². The van der Waals surface area contributed by atoms with Crippen LogP contribution in [0.2, 0.25) is 0 Å². The van der Waals surface area contributed by atoms with E-state index in [1.165, 1.54) is 27.7 Å². The fourth-order valence-corrected chi connectivity index (χ4v) is 4.88. The average molecular weight is 352 g/mol. The largest absolute Gasteiger partial charge is 0.358 e. The second-order valence-corrected chi connectivity index (χ2v) is 7.75. The zero-order valence-electron chi connectivity index (χ0n) is 14.2. The highest BCUT2D eigenvalue weighted by Crippen LogP contribution is 2.33. The van der Waals surface area contributed by atoms with E-state index in [2.05, 4.69) is 45.4 Å². The molecule has 0 saturated carbocycles. The monoisotopic (exact) mass is 352 g/mol. The molecule has 4 heterocycles. The lowest BCUT2D eigenvalue weighted by atomic mass is 10.0. The van der Waals surface area contributed by atoms with E-state index in [1.807, 2.05) is 4.90 Å². The first-order valence-corrected chi connectivity index (χ1v) is 9.62. The summed E-state index contributed by atoms with van der Waals surface area (Å²) in [6.45, 7) is 5.37. The van der Waals surface area contributed by atoms with Crippen molar-refractivity contribution >= 4 is 33.7 Å². The molecule has 6 heteroatoms. The number of amidine groups is 1. The molecule has 5 nitrogen and oxygen atoms in total. The normalized spacial score (nSPS) is 19.1. The van der Waals surface area contributed by atoms with Gasteiger partial charge in [-0.2, -0.15) is 0 Å². The molecule has 3 aliphatic heterocycles. The maximum absolute atomic E-state index is 12.9. The van der Waals surface area contributed by atoms with Crippen molar-refractivity contribution in [1.29, 1.82) is 0 Å². The van der Waals surface area contributed by atoms with Crippen LogP contribution >= 0.6 is 11.8 Å². The predicted octanol–water partition coefficient (Wildman–Crippen LogP) is 3.01. The van der Waals surface area contributed by atoms with Crippen molar-refractivity contribution in [3.8, 4) is 0 Å². The molecule has 128 valence electrons. The molecule has 0 aliphatic carbocycles. The van der Waals surface area contributed by atoms with E-state index in [0.29, 0.717) is 13.0 Å². The Morgan fingerprint density at radius 1 is 1.36 bits per heavy atom. The molecule has 0 radical (unpaired) electrons. The number of nitrogens with zero attached hydrogens (tertiary/aromatic N) is 3. The van der Waals surface area contributed by atoms with E-state index >= 15 is 0 Å². The van der Waals surface area contributed by atoms with Gasteiger partial charge in [0, 0.05) is 53.9 Å². The van der Waals surface area contributed by atoms with Crippen LogP contribution in [0.5, 0.6) is 0 Å². The molecule has 0 spiro atoms. The topological polar surface area (TPSA) is 51.7 Å². The lowest BCUT2D eigenvalue weighted by Crippen LogP contribution is -2.37. The number of H-pyrrole nitrogens is 1. The molecule has 25 heavy (non-hydrogen) atoms. The Hall–Kier alpha value is -2.21. The minimum Gasteiger partial charge on any atom is -0.358 e. The highest BCUT2D eigenvalue weighted by Gasteiger charge is 2.30. The second-order valence-electron chi connectivity index (χ2n) is 6.92. The molecule has 0 fully saturated rings. The SMILES string of the molecule is Cc1ccc2[nH]c3c(c2c1)CN(C(=O)CC1=CSC2=NCCN12)CC3. The number of thioether (sulfide) groups is 1. The quantitative estimate of drug-likeness (QED) is 0.904. The first-order chi connectivity index (χ1) is 12.2. The van der Waals surface area contributed by atoms with Gasteiger partial charge in [0.15, 0.2) is 5.17 Å². The molecule has 2 aromatic rings. The molecule has 5 rings (SSSR count). The molecule has 1 N–H and O–H groups in total. The van der Waals surface area contributed by atoms with E-state index in [9.17, 15) is 4.79 Å². The highest BCUT2D eigenvalue weighted by atomic mass is 32.2. The number of aromatic nitrogens is 1. The molecule has 1 aromatic carbocycles. The molecular formula is C19H20N4OS. The molecular weight excluding hydrogens is 332 g/mol. The van der Waals surface area contributed by atoms with Crippen LogP contribution in [-0.4, -0.2) is 45.5 Å². The Morgan fingerprint density at radius 2 is 2.28 bits per heavy atom. The Kier molecular flexibility index (Phi) is 3.41. The first-order valence-electron chi connectivity index (χ1n) is 8.74. The maximum atomic E-state index is 12.9. The summed E-state index contributed by atoms with van der Waals surface area (Å²) in [4.78, 5) is 25.1. The van der Waals surface area contributed by atoms with Crippen molar-refractivity contribution in [2.24, 2.45) is 4.99 Å². The van der Waals surface area contributed by atoms with Gasteiger partial charge in [-0.05, 0) is 24.5 Å². The fourth-order valence-electron chi connectivity index (χ4n) is 3.92. The minimum absolute atomic E-state index is 0.215. The third-order valence-electron chi connectivity index (χ3n) is 5.26. The summed E-state index contributed by atoms with van der Waals surface area (Å²) < 4.78 is 0. The van der Waals surface area contributed by atoms with Crippen molar-refractivity contribution in [3.05, 3.63) is 46.1 Å². The number of fused-ring (bicyclic) bond motifs is 4. The number of hydrogen-bond donors (Lipinski definition) is 1. The number of carbonyl (C=O) groups excluding carboxylic acids is 1. The summed E-state index contributed by atoms with van der Waals surface area (Å²) in [5.74, 6) is 0.215. The Labute approximate surface area is 150 Å². The number of hydrogen-bond acceptors (Lipinski definition) is 4. The van der Waals surface area contributed by atoms with E-state index in [1.54, 1.807) is 11.8 Å². The molecule has 0 atom stereocenters. The van der Waals surface area contributed by atoms with Crippen LogP contribution in [0.15, 0.2) is 34.3 Å². The summed E-state index contributed by atoms with van der Waals surface area (Å²) in [7, 11) is 0. The number of amides is 1. The van der Waals surface area contributed by atoms with Gasteiger partial charge in [0.2, 0.25) is 5.91 Å². The first kappa shape index (κ1) is 15.1. The Balaban J connectivity index is 1.36. The number of aliphatic imine (C=N–C) groups is 1. The highest BCUT2D eigenvalue weighted by molar-refractivity contribution is 8.16. The van der Waals surface area contributed by atoms with Crippen molar-refractivity contribution in [1.82, 2.24) is 14.8 Å². The number of aryl methyl sites for hydroxylation is 1. The van der Waals surface area contributed by atoms with E-state index < -0.39 is 0 Å². The zero-order chi connectivity index (χ0) is 17.0. The molecule has 0 bridgehead atoms. The van der Waals surface area contributed by atoms with Gasteiger partial charge in [-0.1, -0.05) is 23.4 Å². The lowest BCUT2D eigenvalue weighted by molar-refractivity contribution is -0.131. The standard InChI is InChI=1S/C19H20N4OS/c1-12-2-3-16-14(8-12)15-10-22(6-4-17(15)21-16)18(24)9-13-11-25-19-20-5-7-23(13)19/h2-3,8,11,21H,4-7,9-10H2,1H3. The van der Waals surface area contributed by atoms with Gasteiger partial charge >= 0.3 is 0 Å². The maximum Gasteiger partial charge on any atom is 0.228 e. The molecule has 3 aliphatic rings. The summed E-state index contributed by atoms with van der Waals surface area (Å²) in [6, 6.07) is 6.50. The van der Waals surface area contributed by atoms with Gasteiger partial charge in [0.1, 0.15) is 0 Å². The molecule has 0 unspecified atom stereocenters. The predicted molar refractivity (Wildman–Crippen MR) is 101 cm³/mol. The molecule has 0 saturated heterocycles. The van der Waals surface area contributed by atoms with Crippen LogP contribution in [0.25, 0.3) is 10.9 Å². The Morgan fingerprint density at radius 3 is 3.20 bits per heavy atom. The summed E-state index contributed by atoms with van der Waals surface area (Å²) >= 11 is 1.64. The average Bonchev–Trinajstić information content (AvgIpc) is 3.30. The van der Waals surface area contributed by atoms with Gasteiger partial charge in [-0.25, -0.2) is 0 Å². The fraction of sp³-hybridized carbons (Fsp3) is 0.368. The molecule has 1 amide bonds. The van der Waals surface area contributed by atoms with Crippen LogP contribution in [0.4, 0.5) is 0 Å². The summed E-state index contributed by atoms with van der Waals surface area (Å²) in [5.41, 5.74) is 6.11. The van der Waals surface area contributed by atoms with Gasteiger partial charge in [-0.15, -0.1) is 0 Å². The summed E-state index contributed by atoms with van der Waals surface area (Å²) in [5, 5.41) is 4.40. The van der Waals surface area contributed by atoms with Crippen molar-refractivity contribution in [2.45, 2.75) is 26.3 Å². The lowest BCUT2D eigenvalue weighted by Gasteiger charge is -2.28. The van der Waals surface area contributed by atoms with Crippen LogP contribution in [0, 0.1) is 6.92 Å². The number of nitrogens with one attached hydrogen (secondary N) is 1. The third-order valence-corrected chi connectivity index (χ3v) is 6.21. The van der Waals surface area contributed by atoms with Gasteiger partial charge in [-0.3, -0.25) is 9.79 Å². The van der Waals surface area contributed by atoms with E-state index in [0.717, 1.165) is 36.9 Å². The smallest absolute Gasteiger partial charge is 0.228 e.